The van der Waals surface area contributed by atoms with Crippen molar-refractivity contribution in [2.24, 2.45) is 0 Å². The highest BCUT2D eigenvalue weighted by Gasteiger charge is 2.13. The maximum atomic E-state index is 5.40. The van der Waals surface area contributed by atoms with Gasteiger partial charge in [0.15, 0.2) is 0 Å². The molecule has 2 unspecified atom stereocenters. The molecule has 0 radical (unpaired) electrons. The topological polar surface area (TPSA) is 25.2 Å². The molecule has 0 amide bonds. The predicted molar refractivity (Wildman–Crippen MR) is 79.2 cm³/mol. The molecule has 1 aromatic carbocycles. The number of hydrogen-bond donors (Lipinski definition) is 1. The highest BCUT2D eigenvalue weighted by Crippen LogP contribution is 2.18. The summed E-state index contributed by atoms with van der Waals surface area (Å²) in [6, 6.07) is 13.6. The Morgan fingerprint density at radius 1 is 1.16 bits per heavy atom. The fourth-order valence-electron chi connectivity index (χ4n) is 2.38. The zero-order chi connectivity index (χ0) is 13.7. The SMILES string of the molecule is CCC(NC(C)Cc1ccco1)c1ccc(C)cc1. The third kappa shape index (κ3) is 3.97. The van der Waals surface area contributed by atoms with Crippen molar-refractivity contribution in [3.8, 4) is 0 Å². The highest BCUT2D eigenvalue weighted by atomic mass is 16.3. The van der Waals surface area contributed by atoms with E-state index in [0.717, 1.165) is 18.6 Å². The average Bonchev–Trinajstić information content (AvgIpc) is 2.90. The van der Waals surface area contributed by atoms with Gasteiger partial charge in [-0.1, -0.05) is 36.8 Å². The van der Waals surface area contributed by atoms with Crippen LogP contribution in [0.1, 0.15) is 43.2 Å². The molecule has 0 bridgehead atoms. The number of benzene rings is 1. The number of rotatable bonds is 6. The first-order valence-electron chi connectivity index (χ1n) is 7.04. The molecule has 2 heteroatoms. The minimum Gasteiger partial charge on any atom is -0.469 e. The summed E-state index contributed by atoms with van der Waals surface area (Å²) in [5, 5.41) is 3.68. The summed E-state index contributed by atoms with van der Waals surface area (Å²) in [6.45, 7) is 6.55. The van der Waals surface area contributed by atoms with Crippen molar-refractivity contribution in [2.75, 3.05) is 0 Å². The molecule has 2 aromatic rings. The van der Waals surface area contributed by atoms with E-state index in [2.05, 4.69) is 50.4 Å². The van der Waals surface area contributed by atoms with E-state index in [4.69, 9.17) is 4.42 Å². The first-order chi connectivity index (χ1) is 9.19. The Hall–Kier alpha value is -1.54. The summed E-state index contributed by atoms with van der Waals surface area (Å²) in [6.07, 6.45) is 3.75. The lowest BCUT2D eigenvalue weighted by Gasteiger charge is -2.22. The van der Waals surface area contributed by atoms with E-state index >= 15 is 0 Å². The molecular weight excluding hydrogens is 234 g/mol. The molecule has 2 atom stereocenters. The van der Waals surface area contributed by atoms with Gasteiger partial charge in [-0.25, -0.2) is 0 Å². The lowest BCUT2D eigenvalue weighted by atomic mass is 10.0. The van der Waals surface area contributed by atoms with Crippen LogP contribution in [-0.4, -0.2) is 6.04 Å². The van der Waals surface area contributed by atoms with Crippen LogP contribution >= 0.6 is 0 Å². The maximum Gasteiger partial charge on any atom is 0.105 e. The molecule has 0 aliphatic carbocycles. The molecule has 0 saturated carbocycles. The van der Waals surface area contributed by atoms with Crippen LogP contribution in [0.4, 0.5) is 0 Å². The lowest BCUT2D eigenvalue weighted by molar-refractivity contribution is 0.410. The van der Waals surface area contributed by atoms with Crippen LogP contribution < -0.4 is 5.32 Å². The van der Waals surface area contributed by atoms with Crippen LogP contribution in [0.3, 0.4) is 0 Å². The normalized spacial score (nSPS) is 14.3. The number of hydrogen-bond acceptors (Lipinski definition) is 2. The number of furan rings is 1. The third-order valence-corrected chi connectivity index (χ3v) is 3.46. The second-order valence-electron chi connectivity index (χ2n) is 5.22. The Kier molecular flexibility index (Phi) is 4.80. The smallest absolute Gasteiger partial charge is 0.105 e. The summed E-state index contributed by atoms with van der Waals surface area (Å²) in [4.78, 5) is 0. The van der Waals surface area contributed by atoms with Gasteiger partial charge in [-0.2, -0.15) is 0 Å². The number of nitrogens with one attached hydrogen (secondary N) is 1. The summed E-state index contributed by atoms with van der Waals surface area (Å²) < 4.78 is 5.40. The average molecular weight is 257 g/mol. The molecular formula is C17H23NO. The van der Waals surface area contributed by atoms with Gasteiger partial charge in [-0.05, 0) is 38.0 Å². The van der Waals surface area contributed by atoms with E-state index in [1.54, 1.807) is 6.26 Å². The van der Waals surface area contributed by atoms with E-state index in [0.29, 0.717) is 12.1 Å². The summed E-state index contributed by atoms with van der Waals surface area (Å²) in [5.74, 6) is 1.04. The second-order valence-corrected chi connectivity index (χ2v) is 5.22. The van der Waals surface area contributed by atoms with Crippen molar-refractivity contribution in [3.63, 3.8) is 0 Å². The first kappa shape index (κ1) is 13.9. The van der Waals surface area contributed by atoms with E-state index in [1.807, 2.05) is 12.1 Å². The molecule has 0 aliphatic rings. The van der Waals surface area contributed by atoms with Crippen LogP contribution in [0.5, 0.6) is 0 Å². The highest BCUT2D eigenvalue weighted by molar-refractivity contribution is 5.24. The van der Waals surface area contributed by atoms with Gasteiger partial charge in [-0.15, -0.1) is 0 Å². The number of aryl methyl sites for hydroxylation is 1. The minimum absolute atomic E-state index is 0.400. The van der Waals surface area contributed by atoms with E-state index in [9.17, 15) is 0 Å². The summed E-state index contributed by atoms with van der Waals surface area (Å²) in [7, 11) is 0. The van der Waals surface area contributed by atoms with Crippen LogP contribution in [0.25, 0.3) is 0 Å². The van der Waals surface area contributed by atoms with Gasteiger partial charge >= 0.3 is 0 Å². The van der Waals surface area contributed by atoms with Gasteiger partial charge in [0.2, 0.25) is 0 Å². The van der Waals surface area contributed by atoms with Gasteiger partial charge in [0.1, 0.15) is 5.76 Å². The van der Waals surface area contributed by atoms with E-state index < -0.39 is 0 Å². The molecule has 2 rings (SSSR count). The van der Waals surface area contributed by atoms with Crippen LogP contribution in [0.2, 0.25) is 0 Å². The molecule has 1 N–H and O–H groups in total. The van der Waals surface area contributed by atoms with Gasteiger partial charge in [0.05, 0.1) is 6.26 Å². The molecule has 1 aromatic heterocycles. The molecule has 0 fully saturated rings. The van der Waals surface area contributed by atoms with Gasteiger partial charge in [-0.3, -0.25) is 0 Å². The predicted octanol–water partition coefficient (Wildman–Crippen LogP) is 4.26. The fourth-order valence-corrected chi connectivity index (χ4v) is 2.38. The Labute approximate surface area is 115 Å². The summed E-state index contributed by atoms with van der Waals surface area (Å²) >= 11 is 0. The van der Waals surface area contributed by atoms with E-state index in [-0.39, 0.29) is 0 Å². The van der Waals surface area contributed by atoms with Gasteiger partial charge in [0, 0.05) is 18.5 Å². The fraction of sp³-hybridized carbons (Fsp3) is 0.412. The van der Waals surface area contributed by atoms with Crippen molar-refractivity contribution < 1.29 is 4.42 Å². The van der Waals surface area contributed by atoms with Crippen molar-refractivity contribution in [1.29, 1.82) is 0 Å². The Morgan fingerprint density at radius 3 is 2.47 bits per heavy atom. The Morgan fingerprint density at radius 2 is 1.89 bits per heavy atom. The molecule has 0 saturated heterocycles. The monoisotopic (exact) mass is 257 g/mol. The zero-order valence-electron chi connectivity index (χ0n) is 12.0. The summed E-state index contributed by atoms with van der Waals surface area (Å²) in [5.41, 5.74) is 2.67. The molecule has 0 spiro atoms. The van der Waals surface area contributed by atoms with Gasteiger partial charge < -0.3 is 9.73 Å². The second kappa shape index (κ2) is 6.58. The van der Waals surface area contributed by atoms with E-state index in [1.165, 1.54) is 11.1 Å². The minimum atomic E-state index is 0.400. The van der Waals surface area contributed by atoms with Crippen molar-refractivity contribution in [2.45, 2.75) is 45.7 Å². The Bertz CT molecular complexity index is 472. The standard InChI is InChI=1S/C17H23NO/c1-4-17(15-9-7-13(2)8-10-15)18-14(3)12-16-6-5-11-19-16/h5-11,14,17-18H,4,12H2,1-3H3. The Balaban J connectivity index is 1.96. The quantitative estimate of drug-likeness (QED) is 0.836. The molecule has 102 valence electrons. The molecule has 2 nitrogen and oxygen atoms in total. The zero-order valence-corrected chi connectivity index (χ0v) is 12.0. The largest absolute Gasteiger partial charge is 0.469 e. The van der Waals surface area contributed by atoms with Crippen LogP contribution in [-0.2, 0) is 6.42 Å². The molecule has 1 heterocycles. The lowest BCUT2D eigenvalue weighted by Crippen LogP contribution is -2.31. The molecule has 0 aliphatic heterocycles. The van der Waals surface area contributed by atoms with Crippen molar-refractivity contribution in [3.05, 3.63) is 59.5 Å². The molecule has 19 heavy (non-hydrogen) atoms. The van der Waals surface area contributed by atoms with Crippen LogP contribution in [0.15, 0.2) is 47.1 Å². The third-order valence-electron chi connectivity index (χ3n) is 3.46. The van der Waals surface area contributed by atoms with Crippen molar-refractivity contribution in [1.82, 2.24) is 5.32 Å². The maximum absolute atomic E-state index is 5.40. The van der Waals surface area contributed by atoms with Crippen LogP contribution in [0, 0.1) is 6.92 Å². The van der Waals surface area contributed by atoms with Gasteiger partial charge in [0.25, 0.3) is 0 Å². The first-order valence-corrected chi connectivity index (χ1v) is 7.04. The van der Waals surface area contributed by atoms with Crippen molar-refractivity contribution >= 4 is 0 Å².